The molecule has 0 aromatic rings. The average molecular weight is 223 g/mol. The lowest BCUT2D eigenvalue weighted by atomic mass is 9.76. The van der Waals surface area contributed by atoms with E-state index in [2.05, 4.69) is 42.4 Å². The van der Waals surface area contributed by atoms with Crippen LogP contribution < -0.4 is 5.73 Å². The van der Waals surface area contributed by atoms with Crippen LogP contribution in [0.5, 0.6) is 0 Å². The molecule has 0 spiro atoms. The summed E-state index contributed by atoms with van der Waals surface area (Å²) in [6.07, 6.45) is 22.5. The zero-order valence-electron chi connectivity index (χ0n) is 9.89. The van der Waals surface area contributed by atoms with Crippen LogP contribution in [-0.2, 0) is 0 Å². The summed E-state index contributed by atoms with van der Waals surface area (Å²) in [5.74, 6) is 2.59. The summed E-state index contributed by atoms with van der Waals surface area (Å²) in [5.41, 5.74) is 10.1. The Kier molecular flexibility index (Phi) is 3.80. The van der Waals surface area contributed by atoms with Crippen molar-refractivity contribution in [2.24, 2.45) is 5.73 Å². The van der Waals surface area contributed by atoms with Crippen LogP contribution in [-0.4, -0.2) is 6.04 Å². The highest BCUT2D eigenvalue weighted by Gasteiger charge is 2.29. The van der Waals surface area contributed by atoms with Gasteiger partial charge in [-0.1, -0.05) is 42.5 Å². The Bertz CT molecular complexity index is 478. The zero-order valence-corrected chi connectivity index (χ0v) is 9.89. The molecule has 2 rings (SSSR count). The van der Waals surface area contributed by atoms with Crippen LogP contribution >= 0.6 is 0 Å². The van der Waals surface area contributed by atoms with Crippen molar-refractivity contribution in [2.45, 2.75) is 25.3 Å². The van der Waals surface area contributed by atoms with Gasteiger partial charge in [-0.15, -0.1) is 12.3 Å². The lowest BCUT2D eigenvalue weighted by Gasteiger charge is -2.32. The van der Waals surface area contributed by atoms with Gasteiger partial charge in [-0.25, -0.2) is 0 Å². The van der Waals surface area contributed by atoms with Crippen molar-refractivity contribution in [3.8, 4) is 12.3 Å². The Balaban J connectivity index is 2.02. The van der Waals surface area contributed by atoms with Crippen LogP contribution in [0.1, 0.15) is 19.3 Å². The third-order valence-corrected chi connectivity index (χ3v) is 3.09. The number of hydrogen-bond donors (Lipinski definition) is 1. The monoisotopic (exact) mass is 223 g/mol. The molecule has 17 heavy (non-hydrogen) atoms. The number of rotatable bonds is 3. The summed E-state index contributed by atoms with van der Waals surface area (Å²) < 4.78 is 0. The summed E-state index contributed by atoms with van der Waals surface area (Å²) >= 11 is 0. The van der Waals surface area contributed by atoms with E-state index in [1.807, 2.05) is 6.08 Å². The molecule has 2 aliphatic carbocycles. The molecule has 0 aromatic heterocycles. The molecule has 0 aliphatic heterocycles. The minimum atomic E-state index is 0.0992. The first-order valence-corrected chi connectivity index (χ1v) is 5.95. The number of nitrogens with two attached hydrogens (primary N) is 1. The average Bonchev–Trinajstić information content (AvgIpc) is 2.56. The standard InChI is InChI=1S/C16H17N/c1-2-3-4-5-7-11-14-13-10-8-6-9-12-15(13)16(14)17/h1,4-6,8-9,11-12,16H,3,7,10,17H2/b5-4-,14-11-. The number of terminal acetylenes is 1. The van der Waals surface area contributed by atoms with Crippen molar-refractivity contribution >= 4 is 0 Å². The lowest BCUT2D eigenvalue weighted by Crippen LogP contribution is -2.35. The van der Waals surface area contributed by atoms with Crippen molar-refractivity contribution in [1.29, 1.82) is 0 Å². The summed E-state index contributed by atoms with van der Waals surface area (Å²) in [7, 11) is 0. The molecule has 0 bridgehead atoms. The Hall–Kier alpha value is -1.78. The van der Waals surface area contributed by atoms with E-state index < -0.39 is 0 Å². The highest BCUT2D eigenvalue weighted by Crippen LogP contribution is 2.37. The smallest absolute Gasteiger partial charge is 0.0554 e. The van der Waals surface area contributed by atoms with Gasteiger partial charge in [0.2, 0.25) is 0 Å². The maximum absolute atomic E-state index is 6.13. The minimum Gasteiger partial charge on any atom is -0.320 e. The fraction of sp³-hybridized carbons (Fsp3) is 0.250. The summed E-state index contributed by atoms with van der Waals surface area (Å²) in [5, 5.41) is 0. The van der Waals surface area contributed by atoms with Gasteiger partial charge in [-0.05, 0) is 29.6 Å². The first-order valence-electron chi connectivity index (χ1n) is 5.95. The second kappa shape index (κ2) is 5.52. The Labute approximate surface area is 103 Å². The molecule has 0 saturated carbocycles. The highest BCUT2D eigenvalue weighted by atomic mass is 14.7. The van der Waals surface area contributed by atoms with Gasteiger partial charge in [0, 0.05) is 6.42 Å². The van der Waals surface area contributed by atoms with E-state index >= 15 is 0 Å². The molecule has 1 heteroatoms. The molecule has 0 saturated heterocycles. The van der Waals surface area contributed by atoms with E-state index in [1.54, 1.807) is 0 Å². The predicted octanol–water partition coefficient (Wildman–Crippen LogP) is 3.04. The largest absolute Gasteiger partial charge is 0.320 e. The Morgan fingerprint density at radius 1 is 1.41 bits per heavy atom. The van der Waals surface area contributed by atoms with E-state index in [0.717, 1.165) is 12.8 Å². The second-order valence-electron chi connectivity index (χ2n) is 4.18. The Morgan fingerprint density at radius 3 is 3.12 bits per heavy atom. The molecule has 0 fully saturated rings. The van der Waals surface area contributed by atoms with Crippen molar-refractivity contribution < 1.29 is 0 Å². The predicted molar refractivity (Wildman–Crippen MR) is 73.2 cm³/mol. The molecule has 0 amide bonds. The molecule has 86 valence electrons. The van der Waals surface area contributed by atoms with Gasteiger partial charge in [0.05, 0.1) is 6.04 Å². The van der Waals surface area contributed by atoms with Crippen molar-refractivity contribution in [2.75, 3.05) is 0 Å². The molecule has 1 atom stereocenters. The SMILES string of the molecule is C#CC/C=C\C/C=C1/C2=C(C=CC=CC2)C1N. The summed E-state index contributed by atoms with van der Waals surface area (Å²) in [6.45, 7) is 0. The first kappa shape index (κ1) is 11.7. The van der Waals surface area contributed by atoms with E-state index in [4.69, 9.17) is 12.2 Å². The van der Waals surface area contributed by atoms with Crippen LogP contribution in [0, 0.1) is 12.3 Å². The zero-order chi connectivity index (χ0) is 12.1. The third-order valence-electron chi connectivity index (χ3n) is 3.09. The first-order chi connectivity index (χ1) is 8.34. The molecule has 2 N–H and O–H groups in total. The number of allylic oxidation sites excluding steroid dienone is 6. The van der Waals surface area contributed by atoms with E-state index in [0.29, 0.717) is 6.42 Å². The Morgan fingerprint density at radius 2 is 2.29 bits per heavy atom. The van der Waals surface area contributed by atoms with Gasteiger partial charge in [-0.2, -0.15) is 0 Å². The van der Waals surface area contributed by atoms with Crippen LogP contribution in [0.25, 0.3) is 0 Å². The van der Waals surface area contributed by atoms with Gasteiger partial charge in [-0.3, -0.25) is 0 Å². The van der Waals surface area contributed by atoms with E-state index in [9.17, 15) is 0 Å². The normalized spacial score (nSPS) is 24.7. The van der Waals surface area contributed by atoms with Crippen LogP contribution in [0.3, 0.4) is 0 Å². The molecule has 1 nitrogen and oxygen atoms in total. The second-order valence-corrected chi connectivity index (χ2v) is 4.18. The highest BCUT2D eigenvalue weighted by molar-refractivity contribution is 5.61. The molecule has 2 aliphatic rings. The van der Waals surface area contributed by atoms with Gasteiger partial charge >= 0.3 is 0 Å². The van der Waals surface area contributed by atoms with Gasteiger partial charge in [0.15, 0.2) is 0 Å². The lowest BCUT2D eigenvalue weighted by molar-refractivity contribution is 0.811. The minimum absolute atomic E-state index is 0.0992. The molecule has 0 radical (unpaired) electrons. The van der Waals surface area contributed by atoms with Gasteiger partial charge in [0.25, 0.3) is 0 Å². The topological polar surface area (TPSA) is 26.0 Å². The summed E-state index contributed by atoms with van der Waals surface area (Å²) in [4.78, 5) is 0. The summed E-state index contributed by atoms with van der Waals surface area (Å²) in [6, 6.07) is 0.0992. The van der Waals surface area contributed by atoms with Crippen LogP contribution in [0.15, 0.2) is 59.3 Å². The van der Waals surface area contributed by atoms with Gasteiger partial charge < -0.3 is 5.73 Å². The maximum atomic E-state index is 6.13. The van der Waals surface area contributed by atoms with Crippen molar-refractivity contribution in [3.63, 3.8) is 0 Å². The van der Waals surface area contributed by atoms with Gasteiger partial charge in [0.1, 0.15) is 0 Å². The molecule has 0 heterocycles. The van der Waals surface area contributed by atoms with Crippen LogP contribution in [0.2, 0.25) is 0 Å². The maximum Gasteiger partial charge on any atom is 0.0554 e. The van der Waals surface area contributed by atoms with Crippen LogP contribution in [0.4, 0.5) is 0 Å². The molecule has 0 aromatic carbocycles. The van der Waals surface area contributed by atoms with Crippen molar-refractivity contribution in [1.82, 2.24) is 0 Å². The molecular weight excluding hydrogens is 206 g/mol. The fourth-order valence-electron chi connectivity index (χ4n) is 2.19. The van der Waals surface area contributed by atoms with Crippen molar-refractivity contribution in [3.05, 3.63) is 59.3 Å². The van der Waals surface area contributed by atoms with E-state index in [1.165, 1.54) is 16.7 Å². The number of hydrogen-bond acceptors (Lipinski definition) is 1. The fourth-order valence-corrected chi connectivity index (χ4v) is 2.19. The van der Waals surface area contributed by atoms with E-state index in [-0.39, 0.29) is 6.04 Å². The molecular formula is C16H17N. The quantitative estimate of drug-likeness (QED) is 0.577. The third kappa shape index (κ3) is 2.49. The molecule has 1 unspecified atom stereocenters.